The lowest BCUT2D eigenvalue weighted by Gasteiger charge is -2.23. The van der Waals surface area contributed by atoms with Crippen LogP contribution in [0.15, 0.2) is 213 Å². The number of nitrogens with one attached hydrogen (secondary N) is 3. The Bertz CT molecular complexity index is 3180. The van der Waals surface area contributed by atoms with Crippen LogP contribution in [0, 0.1) is 0 Å². The van der Waals surface area contributed by atoms with E-state index in [1.807, 2.05) is 36.4 Å². The molecule has 1 aromatic heterocycles. The molecule has 3 N–H and O–H groups in total. The minimum atomic E-state index is -0.906. The van der Waals surface area contributed by atoms with E-state index in [2.05, 4.69) is 151 Å². The van der Waals surface area contributed by atoms with Gasteiger partial charge in [0.1, 0.15) is 29.3 Å². The average Bonchev–Trinajstić information content (AvgIpc) is 1.67. The van der Waals surface area contributed by atoms with Gasteiger partial charge in [-0.25, -0.2) is 9.59 Å². The number of esters is 2. The molecular formula is C78H97N3O8S. The van der Waals surface area contributed by atoms with Crippen LogP contribution in [0.4, 0.5) is 0 Å². The molecule has 478 valence electrons. The number of benzene rings is 3. The van der Waals surface area contributed by atoms with Crippen LogP contribution in [-0.4, -0.2) is 60.8 Å². The first-order valence-electron chi connectivity index (χ1n) is 32.6. The Balaban J connectivity index is 1.11. The Labute approximate surface area is 541 Å². The molecule has 1 saturated heterocycles. The molecule has 4 aromatic rings. The molecule has 2 amide bonds. The monoisotopic (exact) mass is 1240 g/mol. The summed E-state index contributed by atoms with van der Waals surface area (Å²) < 4.78 is 18.3. The minimum Gasteiger partial charge on any atom is -0.494 e. The van der Waals surface area contributed by atoms with Gasteiger partial charge in [-0.2, -0.15) is 0 Å². The lowest BCUT2D eigenvalue weighted by Crippen LogP contribution is -2.40. The zero-order chi connectivity index (χ0) is 64.1. The summed E-state index contributed by atoms with van der Waals surface area (Å²) in [4.78, 5) is 67.5. The maximum absolute atomic E-state index is 14.6. The second-order valence-electron chi connectivity index (χ2n) is 22.0. The molecule has 0 spiro atoms. The molecule has 0 aliphatic carbocycles. The molecule has 2 heterocycles. The van der Waals surface area contributed by atoms with Crippen molar-refractivity contribution in [2.24, 2.45) is 0 Å². The largest absolute Gasteiger partial charge is 0.494 e. The number of fused-ring (bicyclic) bond motifs is 1. The smallest absolute Gasteiger partial charge is 0.333 e. The summed E-state index contributed by atoms with van der Waals surface area (Å²) in [5, 5.41) is 9.73. The third-order valence-corrected chi connectivity index (χ3v) is 15.6. The van der Waals surface area contributed by atoms with Crippen LogP contribution in [0.5, 0.6) is 17.2 Å². The first-order valence-corrected chi connectivity index (χ1v) is 33.4. The third-order valence-electron chi connectivity index (χ3n) is 14.4. The van der Waals surface area contributed by atoms with Gasteiger partial charge in [-0.15, -0.1) is 11.3 Å². The fourth-order valence-electron chi connectivity index (χ4n) is 9.44. The van der Waals surface area contributed by atoms with E-state index < -0.39 is 24.0 Å². The van der Waals surface area contributed by atoms with Gasteiger partial charge in [-0.05, 0) is 202 Å². The van der Waals surface area contributed by atoms with Gasteiger partial charge in [0.25, 0.3) is 0 Å². The van der Waals surface area contributed by atoms with Crippen molar-refractivity contribution >= 4 is 51.0 Å². The van der Waals surface area contributed by atoms with Gasteiger partial charge < -0.3 is 30.2 Å². The Morgan fingerprint density at radius 2 is 0.922 bits per heavy atom. The second kappa shape index (κ2) is 45.1. The van der Waals surface area contributed by atoms with Gasteiger partial charge in [-0.3, -0.25) is 14.4 Å². The van der Waals surface area contributed by atoms with Crippen molar-refractivity contribution in [2.75, 3.05) is 13.2 Å². The molecule has 5 rings (SSSR count). The average molecular weight is 1240 g/mol. The van der Waals surface area contributed by atoms with Crippen molar-refractivity contribution in [3.05, 3.63) is 224 Å². The first kappa shape index (κ1) is 72.6. The fraction of sp³-hybridized carbons (Fsp3) is 0.372. The number of thiophene rings is 1. The zero-order valence-corrected chi connectivity index (χ0v) is 54.5. The van der Waals surface area contributed by atoms with E-state index in [-0.39, 0.29) is 41.9 Å². The molecule has 1 aliphatic rings. The van der Waals surface area contributed by atoms with E-state index in [9.17, 15) is 24.0 Å². The molecule has 3 aromatic carbocycles. The summed E-state index contributed by atoms with van der Waals surface area (Å²) in [5.74, 6) is -0.744. The molecule has 0 saturated carbocycles. The molecule has 11 nitrogen and oxygen atoms in total. The van der Waals surface area contributed by atoms with E-state index in [4.69, 9.17) is 14.2 Å². The topological polar surface area (TPSA) is 149 Å². The number of ether oxygens (including phenoxy) is 3. The predicted molar refractivity (Wildman–Crippen MR) is 374 cm³/mol. The molecule has 1 fully saturated rings. The van der Waals surface area contributed by atoms with Crippen molar-refractivity contribution in [3.8, 4) is 27.7 Å². The zero-order valence-electron chi connectivity index (χ0n) is 53.7. The number of hydrogen-bond donors (Lipinski definition) is 3. The molecule has 1 aliphatic heterocycles. The lowest BCUT2D eigenvalue weighted by molar-refractivity contribution is -0.139. The number of carbonyl (C=O) groups is 5. The van der Waals surface area contributed by atoms with Gasteiger partial charge in [0, 0.05) is 45.0 Å². The second-order valence-corrected chi connectivity index (χ2v) is 23.0. The first-order chi connectivity index (χ1) is 44.1. The highest BCUT2D eigenvalue weighted by molar-refractivity contribution is 7.22. The van der Waals surface area contributed by atoms with Gasteiger partial charge in [0.15, 0.2) is 5.78 Å². The summed E-state index contributed by atoms with van der Waals surface area (Å²) in [7, 11) is 0. The lowest BCUT2D eigenvalue weighted by atomic mass is 9.97. The molecular weight excluding hydrogens is 1140 g/mol. The van der Waals surface area contributed by atoms with E-state index in [1.165, 1.54) is 24.2 Å². The summed E-state index contributed by atoms with van der Waals surface area (Å²) in [6.07, 6.45) is 68.5. The maximum atomic E-state index is 14.6. The van der Waals surface area contributed by atoms with Crippen LogP contribution in [0.2, 0.25) is 0 Å². The van der Waals surface area contributed by atoms with Crippen molar-refractivity contribution in [3.63, 3.8) is 0 Å². The number of amides is 2. The van der Waals surface area contributed by atoms with Crippen LogP contribution in [-0.2, 0) is 19.2 Å². The molecule has 12 heteroatoms. The number of allylic oxidation sites excluding steroid dienone is 24. The number of piperidine rings is 1. The fourth-order valence-corrected chi connectivity index (χ4v) is 10.7. The molecule has 90 heavy (non-hydrogen) atoms. The quantitative estimate of drug-likeness (QED) is 0.0171. The Morgan fingerprint density at radius 3 is 1.36 bits per heavy atom. The van der Waals surface area contributed by atoms with Gasteiger partial charge in [-0.1, -0.05) is 166 Å². The van der Waals surface area contributed by atoms with Crippen molar-refractivity contribution in [1.29, 1.82) is 0 Å². The Kier molecular flexibility index (Phi) is 36.4. The van der Waals surface area contributed by atoms with E-state index >= 15 is 0 Å². The maximum Gasteiger partial charge on any atom is 0.333 e. The van der Waals surface area contributed by atoms with Crippen LogP contribution in [0.1, 0.15) is 172 Å². The van der Waals surface area contributed by atoms with Gasteiger partial charge >= 0.3 is 11.9 Å². The summed E-state index contributed by atoms with van der Waals surface area (Å²) in [5.41, 5.74) is 1.63. The van der Waals surface area contributed by atoms with E-state index in [0.717, 1.165) is 96.4 Å². The van der Waals surface area contributed by atoms with Crippen LogP contribution in [0.25, 0.3) is 20.5 Å². The summed E-state index contributed by atoms with van der Waals surface area (Å²) in [6.45, 7) is 9.06. The van der Waals surface area contributed by atoms with Gasteiger partial charge in [0.2, 0.25) is 11.8 Å². The summed E-state index contributed by atoms with van der Waals surface area (Å²) in [6, 6.07) is 17.9. The minimum absolute atomic E-state index is 0.208. The van der Waals surface area contributed by atoms with Crippen molar-refractivity contribution in [1.82, 2.24) is 16.0 Å². The van der Waals surface area contributed by atoms with Crippen molar-refractivity contribution < 1.29 is 38.2 Å². The molecule has 0 bridgehead atoms. The molecule has 0 radical (unpaired) electrons. The van der Waals surface area contributed by atoms with Crippen LogP contribution >= 0.6 is 11.3 Å². The highest BCUT2D eigenvalue weighted by Gasteiger charge is 2.25. The molecule has 3 atom stereocenters. The van der Waals surface area contributed by atoms with E-state index in [1.54, 1.807) is 68.4 Å². The highest BCUT2D eigenvalue weighted by atomic mass is 32.1. The van der Waals surface area contributed by atoms with Crippen molar-refractivity contribution in [2.45, 2.75) is 174 Å². The van der Waals surface area contributed by atoms with E-state index in [0.29, 0.717) is 62.9 Å². The third kappa shape index (κ3) is 29.9. The number of carbonyl (C=O) groups excluding carboxylic acids is 5. The Morgan fingerprint density at radius 1 is 0.511 bits per heavy atom. The molecule has 1 unspecified atom stereocenters. The Hall–Kier alpha value is -8.19. The van der Waals surface area contributed by atoms with Crippen LogP contribution < -0.4 is 30.2 Å². The summed E-state index contributed by atoms with van der Waals surface area (Å²) >= 11 is 1.36. The van der Waals surface area contributed by atoms with Gasteiger partial charge in [0.05, 0.1) is 6.61 Å². The number of ketones is 1. The van der Waals surface area contributed by atoms with Crippen LogP contribution in [0.3, 0.4) is 0 Å². The normalized spacial score (nSPS) is 15.0. The SMILES string of the molecule is CCC=CCC=CCC=CCC=CCC=CCC=CCCC(=O)N[C@@H](C)C(=O)Oc1ccc(-c2sc3cc(OC(=O)[C@H](C)NC(=O)CCC=CCC=CCC=CCC=CCC=CCC=CCC)ccc3c2C(=O)c2ccc(OCCC3CCCCN3)cc2)cc1. The standard InChI is InChI=1S/C78H97N3O8S/c1-5-7-9-11-13-15-17-19-21-23-25-27-29-31-33-35-37-39-41-46-72(82)80-62(3)77(85)88-68-54-50-65(51-55-68)76-74(75(84)64-48-52-67(53-49-64)87-60-58-66-45-43-44-59-79-66)70-57-56-69(61-71(70)90-76)89-78(86)63(4)81-73(83)47-42-40-38-36-34-32-30-28-26-24-22-20-18-16-14-12-10-8-6-2/h7-10,13-16,19-22,25-28,31-34,37-40,48-57,61-63,66,79H,5-6,11-12,17-18,23-24,29-30,35-36,41-47,58-60H2,1-4H3,(H,80,82)(H,81,83)/t62-,63-,66?/m0/s1. The number of hydrogen-bond acceptors (Lipinski definition) is 10. The number of rotatable bonds is 41. The predicted octanol–water partition coefficient (Wildman–Crippen LogP) is 18.5. The highest BCUT2D eigenvalue weighted by Crippen LogP contribution is 2.42.